The topological polar surface area (TPSA) is 58.7 Å². The van der Waals surface area contributed by atoms with Crippen molar-refractivity contribution in [2.75, 3.05) is 49.7 Å². The smallest absolute Gasteiger partial charge is 0.140 e. The van der Waals surface area contributed by atoms with E-state index in [1.807, 2.05) is 13.1 Å². The molecule has 6 heteroatoms. The van der Waals surface area contributed by atoms with Crippen LogP contribution < -0.4 is 15.5 Å². The summed E-state index contributed by atoms with van der Waals surface area (Å²) in [6.45, 7) is 9.02. The Kier molecular flexibility index (Phi) is 7.22. The van der Waals surface area contributed by atoms with Crippen molar-refractivity contribution < 1.29 is 9.47 Å². The van der Waals surface area contributed by atoms with Crippen LogP contribution in [0.4, 0.5) is 17.2 Å². The molecule has 0 radical (unpaired) electrons. The van der Waals surface area contributed by atoms with E-state index in [0.29, 0.717) is 6.61 Å². The third kappa shape index (κ3) is 5.27. The summed E-state index contributed by atoms with van der Waals surface area (Å²) in [5.74, 6) is 0.875. The number of nitrogens with one attached hydrogen (secondary N) is 2. The van der Waals surface area contributed by atoms with Gasteiger partial charge in [-0.05, 0) is 55.3 Å². The van der Waals surface area contributed by atoms with Gasteiger partial charge in [0, 0.05) is 60.6 Å². The summed E-state index contributed by atoms with van der Waals surface area (Å²) < 4.78 is 11.0. The number of anilines is 3. The normalized spacial score (nSPS) is 16.8. The zero-order chi connectivity index (χ0) is 21.5. The Morgan fingerprint density at radius 1 is 1.19 bits per heavy atom. The van der Waals surface area contributed by atoms with Crippen LogP contribution in [0.25, 0.3) is 11.8 Å². The van der Waals surface area contributed by atoms with Crippen molar-refractivity contribution in [2.45, 2.75) is 26.7 Å². The fraction of sp³-hybridized carbons (Fsp3) is 0.400. The average molecular weight is 421 g/mol. The largest absolute Gasteiger partial charge is 0.381 e. The third-order valence-corrected chi connectivity index (χ3v) is 5.50. The van der Waals surface area contributed by atoms with Gasteiger partial charge in [-0.1, -0.05) is 13.0 Å². The lowest BCUT2D eigenvalue weighted by Gasteiger charge is -2.29. The number of morpholine rings is 1. The molecule has 4 rings (SSSR count). The summed E-state index contributed by atoms with van der Waals surface area (Å²) in [6, 6.07) is 10.8. The first-order valence-corrected chi connectivity index (χ1v) is 11.2. The standard InChI is InChI=1S/C25H32N4O2/c1-3-5-23-24-19(10-12-26-23)18-21(11-15-30-4-2)28-25(24)27-20-6-8-22(9-7-20)29-13-16-31-17-14-29/h5-10,12,18,26H,3-4,11,13-17H2,1-2H3,(H,27,28)/b23-5-. The van der Waals surface area contributed by atoms with E-state index in [-0.39, 0.29) is 0 Å². The zero-order valence-electron chi connectivity index (χ0n) is 18.5. The number of benzene rings is 1. The first-order chi connectivity index (χ1) is 15.3. The second kappa shape index (κ2) is 10.5. The van der Waals surface area contributed by atoms with Gasteiger partial charge in [0.15, 0.2) is 0 Å². The molecule has 1 aromatic carbocycles. The summed E-state index contributed by atoms with van der Waals surface area (Å²) in [6.07, 6.45) is 8.06. The molecule has 164 valence electrons. The van der Waals surface area contributed by atoms with Crippen molar-refractivity contribution in [3.05, 3.63) is 59.4 Å². The Bertz CT molecular complexity index is 931. The van der Waals surface area contributed by atoms with E-state index in [2.05, 4.69) is 64.9 Å². The van der Waals surface area contributed by atoms with Gasteiger partial charge in [-0.2, -0.15) is 0 Å². The summed E-state index contributed by atoms with van der Waals surface area (Å²) in [7, 11) is 0. The number of hydrogen-bond donors (Lipinski definition) is 2. The van der Waals surface area contributed by atoms with Gasteiger partial charge in [-0.25, -0.2) is 4.98 Å². The highest BCUT2D eigenvalue weighted by Gasteiger charge is 2.18. The number of aromatic nitrogens is 1. The van der Waals surface area contributed by atoms with Crippen molar-refractivity contribution >= 4 is 29.0 Å². The van der Waals surface area contributed by atoms with Gasteiger partial charge in [-0.3, -0.25) is 0 Å². The Labute approximate surface area is 185 Å². The van der Waals surface area contributed by atoms with Crippen molar-refractivity contribution in [1.82, 2.24) is 10.3 Å². The molecule has 0 saturated carbocycles. The third-order valence-electron chi connectivity index (χ3n) is 5.50. The summed E-state index contributed by atoms with van der Waals surface area (Å²) >= 11 is 0. The molecule has 0 atom stereocenters. The minimum Gasteiger partial charge on any atom is -0.381 e. The van der Waals surface area contributed by atoms with Crippen LogP contribution in [0.3, 0.4) is 0 Å². The molecule has 1 aromatic heterocycles. The molecule has 2 N–H and O–H groups in total. The number of pyridine rings is 1. The van der Waals surface area contributed by atoms with E-state index >= 15 is 0 Å². The Hall–Kier alpha value is -2.83. The quantitative estimate of drug-likeness (QED) is 0.611. The van der Waals surface area contributed by atoms with Crippen LogP contribution in [-0.2, 0) is 15.9 Å². The zero-order valence-corrected chi connectivity index (χ0v) is 18.5. The molecule has 31 heavy (non-hydrogen) atoms. The molecule has 0 bridgehead atoms. The van der Waals surface area contributed by atoms with Gasteiger partial charge in [0.1, 0.15) is 5.82 Å². The highest BCUT2D eigenvalue weighted by Crippen LogP contribution is 2.32. The predicted molar refractivity (Wildman–Crippen MR) is 128 cm³/mol. The molecule has 0 spiro atoms. The Balaban J connectivity index is 1.61. The van der Waals surface area contributed by atoms with Crippen LogP contribution in [0.15, 0.2) is 42.6 Å². The lowest BCUT2D eigenvalue weighted by Crippen LogP contribution is -2.36. The molecule has 2 aromatic rings. The van der Waals surface area contributed by atoms with Crippen LogP contribution in [0, 0.1) is 0 Å². The van der Waals surface area contributed by atoms with Crippen LogP contribution >= 0.6 is 0 Å². The lowest BCUT2D eigenvalue weighted by atomic mass is 10.00. The Morgan fingerprint density at radius 3 is 2.74 bits per heavy atom. The van der Waals surface area contributed by atoms with Crippen LogP contribution in [0.1, 0.15) is 37.1 Å². The fourth-order valence-electron chi connectivity index (χ4n) is 3.95. The number of rotatable bonds is 8. The summed E-state index contributed by atoms with van der Waals surface area (Å²) in [5, 5.41) is 6.96. The molecule has 0 aliphatic carbocycles. The van der Waals surface area contributed by atoms with Crippen molar-refractivity contribution in [2.24, 2.45) is 0 Å². The van der Waals surface area contributed by atoms with E-state index < -0.39 is 0 Å². The van der Waals surface area contributed by atoms with Gasteiger partial charge in [0.05, 0.1) is 19.8 Å². The monoisotopic (exact) mass is 420 g/mol. The van der Waals surface area contributed by atoms with Gasteiger partial charge in [-0.15, -0.1) is 0 Å². The first kappa shape index (κ1) is 21.4. The second-order valence-electron chi connectivity index (χ2n) is 7.65. The second-order valence-corrected chi connectivity index (χ2v) is 7.65. The molecule has 1 saturated heterocycles. The SMILES string of the molecule is CC/C=C1\NC=Cc2cc(CCOCC)nc(Nc3ccc(N4CCOCC4)cc3)c21. The van der Waals surface area contributed by atoms with Gasteiger partial charge in [0.2, 0.25) is 0 Å². The molecule has 2 aliphatic heterocycles. The predicted octanol–water partition coefficient (Wildman–Crippen LogP) is 4.57. The van der Waals surface area contributed by atoms with Crippen LogP contribution in [0.5, 0.6) is 0 Å². The fourth-order valence-corrected chi connectivity index (χ4v) is 3.95. The molecule has 2 aliphatic rings. The van der Waals surface area contributed by atoms with Crippen molar-refractivity contribution in [1.29, 1.82) is 0 Å². The number of ether oxygens (including phenoxy) is 2. The van der Waals surface area contributed by atoms with E-state index in [1.165, 1.54) is 11.3 Å². The number of allylic oxidation sites excluding steroid dienone is 1. The highest BCUT2D eigenvalue weighted by atomic mass is 16.5. The van der Waals surface area contributed by atoms with Gasteiger partial charge >= 0.3 is 0 Å². The highest BCUT2D eigenvalue weighted by molar-refractivity contribution is 5.85. The molecular formula is C25H32N4O2. The van der Waals surface area contributed by atoms with Gasteiger partial charge in [0.25, 0.3) is 0 Å². The van der Waals surface area contributed by atoms with E-state index in [1.54, 1.807) is 0 Å². The summed E-state index contributed by atoms with van der Waals surface area (Å²) in [4.78, 5) is 7.32. The Morgan fingerprint density at radius 2 is 2.00 bits per heavy atom. The first-order valence-electron chi connectivity index (χ1n) is 11.2. The number of hydrogen-bond acceptors (Lipinski definition) is 6. The average Bonchev–Trinajstić information content (AvgIpc) is 2.80. The van der Waals surface area contributed by atoms with Gasteiger partial charge < -0.3 is 25.0 Å². The molecule has 6 nitrogen and oxygen atoms in total. The minimum atomic E-state index is 0.676. The number of fused-ring (bicyclic) bond motifs is 1. The minimum absolute atomic E-state index is 0.676. The van der Waals surface area contributed by atoms with Crippen molar-refractivity contribution in [3.8, 4) is 0 Å². The van der Waals surface area contributed by atoms with Crippen LogP contribution in [0.2, 0.25) is 0 Å². The van der Waals surface area contributed by atoms with Crippen LogP contribution in [-0.4, -0.2) is 44.5 Å². The lowest BCUT2D eigenvalue weighted by molar-refractivity contribution is 0.122. The van der Waals surface area contributed by atoms with E-state index in [0.717, 1.165) is 74.2 Å². The van der Waals surface area contributed by atoms with Crippen molar-refractivity contribution in [3.63, 3.8) is 0 Å². The molecule has 0 amide bonds. The van der Waals surface area contributed by atoms with E-state index in [4.69, 9.17) is 14.5 Å². The molecule has 3 heterocycles. The molecule has 1 fully saturated rings. The molecular weight excluding hydrogens is 388 g/mol. The molecule has 0 unspecified atom stereocenters. The maximum Gasteiger partial charge on any atom is 0.140 e. The maximum atomic E-state index is 5.55. The summed E-state index contributed by atoms with van der Waals surface area (Å²) in [5.41, 5.74) is 6.66. The maximum absolute atomic E-state index is 5.55. The number of nitrogens with zero attached hydrogens (tertiary/aromatic N) is 2. The van der Waals surface area contributed by atoms with E-state index in [9.17, 15) is 0 Å².